The van der Waals surface area contributed by atoms with Crippen molar-refractivity contribution in [2.45, 2.75) is 31.8 Å². The van der Waals surface area contributed by atoms with Crippen molar-refractivity contribution in [1.29, 1.82) is 0 Å². The molecule has 140 valence electrons. The van der Waals surface area contributed by atoms with Gasteiger partial charge in [0.1, 0.15) is 5.82 Å². The Morgan fingerprint density at radius 3 is 2.69 bits per heavy atom. The number of carbonyl (C=O) groups excluding carboxylic acids is 1. The number of amides is 2. The maximum atomic E-state index is 12.5. The monoisotopic (exact) mass is 375 g/mol. The Bertz CT molecular complexity index is 682. The van der Waals surface area contributed by atoms with Crippen LogP contribution in [0.5, 0.6) is 0 Å². The first kappa shape index (κ1) is 18.7. The number of H-pyrrole nitrogens is 1. The lowest BCUT2D eigenvalue weighted by Gasteiger charge is -2.35. The highest BCUT2D eigenvalue weighted by Gasteiger charge is 2.23. The highest BCUT2D eigenvalue weighted by atomic mass is 35.5. The number of likely N-dealkylation sites (tertiary alicyclic amines) is 1. The van der Waals surface area contributed by atoms with Gasteiger partial charge in [-0.2, -0.15) is 0 Å². The Hall–Kier alpha value is -2.05. The fourth-order valence-corrected chi connectivity index (χ4v) is 3.50. The maximum absolute atomic E-state index is 12.5. The second-order valence-corrected chi connectivity index (χ2v) is 7.18. The smallest absolute Gasteiger partial charge is 0.317 e. The van der Waals surface area contributed by atoms with Gasteiger partial charge in [0.05, 0.1) is 12.6 Å². The summed E-state index contributed by atoms with van der Waals surface area (Å²) in [7, 11) is 1.77. The number of urea groups is 1. The van der Waals surface area contributed by atoms with E-state index < -0.39 is 0 Å². The number of imidazole rings is 1. The molecule has 2 amide bonds. The summed E-state index contributed by atoms with van der Waals surface area (Å²) in [4.78, 5) is 23.7. The molecule has 3 rings (SSSR count). The molecule has 2 heterocycles. The fourth-order valence-electron chi connectivity index (χ4n) is 3.37. The molecule has 1 fully saturated rings. The van der Waals surface area contributed by atoms with Crippen LogP contribution in [-0.4, -0.2) is 52.5 Å². The van der Waals surface area contributed by atoms with Crippen molar-refractivity contribution in [3.8, 4) is 0 Å². The second-order valence-electron chi connectivity index (χ2n) is 6.74. The van der Waals surface area contributed by atoms with Crippen LogP contribution in [0.2, 0.25) is 5.02 Å². The van der Waals surface area contributed by atoms with E-state index >= 15 is 0 Å². The SMILES string of the molecule is CN(Cc1ncc[nH]1)C(=O)NCC(c1ccc(Cl)cc1)N1CCCCC1. The lowest BCUT2D eigenvalue weighted by atomic mass is 10.0. The minimum absolute atomic E-state index is 0.0997. The molecule has 1 aromatic heterocycles. The molecular weight excluding hydrogens is 350 g/mol. The predicted molar refractivity (Wildman–Crippen MR) is 103 cm³/mol. The van der Waals surface area contributed by atoms with E-state index in [9.17, 15) is 4.79 Å². The van der Waals surface area contributed by atoms with E-state index in [2.05, 4.69) is 32.3 Å². The van der Waals surface area contributed by atoms with Gasteiger partial charge in [0.2, 0.25) is 0 Å². The molecule has 7 heteroatoms. The summed E-state index contributed by atoms with van der Waals surface area (Å²) < 4.78 is 0. The molecule has 1 aliphatic rings. The summed E-state index contributed by atoms with van der Waals surface area (Å²) in [5, 5.41) is 3.81. The third-order valence-corrected chi connectivity index (χ3v) is 5.07. The molecule has 2 aromatic rings. The molecular formula is C19H26ClN5O. The average Bonchev–Trinajstić information content (AvgIpc) is 3.17. The van der Waals surface area contributed by atoms with Crippen LogP contribution in [0.25, 0.3) is 0 Å². The van der Waals surface area contributed by atoms with E-state index in [0.717, 1.165) is 23.9 Å². The Morgan fingerprint density at radius 1 is 1.31 bits per heavy atom. The van der Waals surface area contributed by atoms with Gasteiger partial charge in [0.15, 0.2) is 0 Å². The number of aromatic amines is 1. The molecule has 2 N–H and O–H groups in total. The van der Waals surface area contributed by atoms with Crippen LogP contribution in [0, 0.1) is 0 Å². The Labute approximate surface area is 159 Å². The molecule has 0 aliphatic carbocycles. The van der Waals surface area contributed by atoms with E-state index in [1.54, 1.807) is 24.3 Å². The minimum atomic E-state index is -0.0997. The topological polar surface area (TPSA) is 64.3 Å². The number of rotatable bonds is 6. The first-order valence-corrected chi connectivity index (χ1v) is 9.48. The highest BCUT2D eigenvalue weighted by molar-refractivity contribution is 6.30. The van der Waals surface area contributed by atoms with E-state index in [1.165, 1.54) is 24.8 Å². The minimum Gasteiger partial charge on any atom is -0.347 e. The molecule has 1 atom stereocenters. The number of piperidine rings is 1. The van der Waals surface area contributed by atoms with Crippen LogP contribution < -0.4 is 5.32 Å². The van der Waals surface area contributed by atoms with Crippen molar-refractivity contribution in [2.75, 3.05) is 26.7 Å². The van der Waals surface area contributed by atoms with Crippen molar-refractivity contribution in [3.05, 3.63) is 53.1 Å². The van der Waals surface area contributed by atoms with Gasteiger partial charge in [-0.1, -0.05) is 30.2 Å². The normalized spacial score (nSPS) is 16.2. The summed E-state index contributed by atoms with van der Waals surface area (Å²) in [5.74, 6) is 0.771. The predicted octanol–water partition coefficient (Wildman–Crippen LogP) is 3.43. The standard InChI is InChI=1S/C19H26ClN5O/c1-24(14-18-21-9-10-22-18)19(26)23-13-17(25-11-3-2-4-12-25)15-5-7-16(20)8-6-15/h5-10,17H,2-4,11-14H2,1H3,(H,21,22)(H,23,26). The maximum Gasteiger partial charge on any atom is 0.317 e. The van der Waals surface area contributed by atoms with Gasteiger partial charge in [-0.3, -0.25) is 4.90 Å². The summed E-state index contributed by atoms with van der Waals surface area (Å²) >= 11 is 6.04. The quantitative estimate of drug-likeness (QED) is 0.812. The summed E-state index contributed by atoms with van der Waals surface area (Å²) in [6.45, 7) is 3.15. The Kier molecular flexibility index (Phi) is 6.52. The molecule has 1 unspecified atom stereocenters. The van der Waals surface area contributed by atoms with E-state index in [0.29, 0.717) is 13.1 Å². The molecule has 0 spiro atoms. The number of hydrogen-bond acceptors (Lipinski definition) is 3. The van der Waals surface area contributed by atoms with Gasteiger partial charge >= 0.3 is 6.03 Å². The van der Waals surface area contributed by atoms with Crippen LogP contribution in [0.1, 0.15) is 36.7 Å². The van der Waals surface area contributed by atoms with Gasteiger partial charge in [-0.25, -0.2) is 9.78 Å². The molecule has 1 saturated heterocycles. The average molecular weight is 376 g/mol. The van der Waals surface area contributed by atoms with E-state index in [-0.39, 0.29) is 12.1 Å². The van der Waals surface area contributed by atoms with Gasteiger partial charge in [-0.15, -0.1) is 0 Å². The number of nitrogens with one attached hydrogen (secondary N) is 2. The summed E-state index contributed by atoms with van der Waals surface area (Å²) in [5.41, 5.74) is 1.19. The summed E-state index contributed by atoms with van der Waals surface area (Å²) in [6, 6.07) is 8.00. The molecule has 0 bridgehead atoms. The first-order valence-electron chi connectivity index (χ1n) is 9.10. The molecule has 1 aliphatic heterocycles. The zero-order valence-corrected chi connectivity index (χ0v) is 15.9. The van der Waals surface area contributed by atoms with Crippen LogP contribution >= 0.6 is 11.6 Å². The molecule has 0 radical (unpaired) electrons. The third kappa shape index (κ3) is 4.99. The molecule has 6 nitrogen and oxygen atoms in total. The second kappa shape index (κ2) is 9.05. The number of carbonyl (C=O) groups is 1. The molecule has 0 saturated carbocycles. The van der Waals surface area contributed by atoms with Crippen molar-refractivity contribution >= 4 is 17.6 Å². The Morgan fingerprint density at radius 2 is 2.04 bits per heavy atom. The van der Waals surface area contributed by atoms with Gasteiger partial charge < -0.3 is 15.2 Å². The highest BCUT2D eigenvalue weighted by Crippen LogP contribution is 2.25. The van der Waals surface area contributed by atoms with Crippen LogP contribution in [0.3, 0.4) is 0 Å². The van der Waals surface area contributed by atoms with E-state index in [1.807, 2.05) is 12.1 Å². The molecule has 1 aromatic carbocycles. The zero-order valence-electron chi connectivity index (χ0n) is 15.1. The van der Waals surface area contributed by atoms with Crippen LogP contribution in [0.4, 0.5) is 4.79 Å². The number of nitrogens with zero attached hydrogens (tertiary/aromatic N) is 3. The van der Waals surface area contributed by atoms with Gasteiger partial charge in [-0.05, 0) is 43.6 Å². The fraction of sp³-hybridized carbons (Fsp3) is 0.474. The number of aromatic nitrogens is 2. The van der Waals surface area contributed by atoms with E-state index in [4.69, 9.17) is 11.6 Å². The Balaban J connectivity index is 1.63. The number of halogens is 1. The van der Waals surface area contributed by atoms with Crippen molar-refractivity contribution in [2.24, 2.45) is 0 Å². The van der Waals surface area contributed by atoms with Crippen molar-refractivity contribution in [3.63, 3.8) is 0 Å². The lowest BCUT2D eigenvalue weighted by Crippen LogP contribution is -2.44. The molecule has 26 heavy (non-hydrogen) atoms. The van der Waals surface area contributed by atoms with Gasteiger partial charge in [0.25, 0.3) is 0 Å². The largest absolute Gasteiger partial charge is 0.347 e. The van der Waals surface area contributed by atoms with Crippen molar-refractivity contribution < 1.29 is 4.79 Å². The lowest BCUT2D eigenvalue weighted by molar-refractivity contribution is 0.156. The van der Waals surface area contributed by atoms with Crippen LogP contribution in [0.15, 0.2) is 36.7 Å². The summed E-state index contributed by atoms with van der Waals surface area (Å²) in [6.07, 6.45) is 7.14. The zero-order chi connectivity index (χ0) is 18.4. The third-order valence-electron chi connectivity index (χ3n) is 4.82. The number of hydrogen-bond donors (Lipinski definition) is 2. The van der Waals surface area contributed by atoms with Crippen LogP contribution in [-0.2, 0) is 6.54 Å². The first-order chi connectivity index (χ1) is 12.6. The van der Waals surface area contributed by atoms with Crippen molar-refractivity contribution in [1.82, 2.24) is 25.1 Å². The number of benzene rings is 1. The van der Waals surface area contributed by atoms with Gasteiger partial charge in [0, 0.05) is 31.0 Å².